The number of unbranched alkanes of at least 4 members (excludes halogenated alkanes) is 6. The Morgan fingerprint density at radius 2 is 1.96 bits per heavy atom. The van der Waals surface area contributed by atoms with Crippen molar-refractivity contribution in [2.75, 3.05) is 25.0 Å². The van der Waals surface area contributed by atoms with Crippen LogP contribution in [0.25, 0.3) is 5.57 Å². The summed E-state index contributed by atoms with van der Waals surface area (Å²) in [6.45, 7) is 3.41. The van der Waals surface area contributed by atoms with Crippen molar-refractivity contribution in [3.63, 3.8) is 0 Å². The normalized spacial score (nSPS) is 14.5. The highest BCUT2D eigenvalue weighted by molar-refractivity contribution is 5.87. The second kappa shape index (κ2) is 9.96. The van der Waals surface area contributed by atoms with Gasteiger partial charge in [-0.3, -0.25) is 10.1 Å². The highest BCUT2D eigenvalue weighted by atomic mass is 16.6. The quantitative estimate of drug-likeness (QED) is 0.355. The van der Waals surface area contributed by atoms with Gasteiger partial charge in [-0.15, -0.1) is 0 Å². The number of hydrogen-bond acceptors (Lipinski definition) is 4. The van der Waals surface area contributed by atoms with Crippen molar-refractivity contribution in [2.24, 2.45) is 0 Å². The zero-order valence-corrected chi connectivity index (χ0v) is 14.6. The third-order valence-corrected chi connectivity index (χ3v) is 4.31. The fourth-order valence-electron chi connectivity index (χ4n) is 3.01. The summed E-state index contributed by atoms with van der Waals surface area (Å²) < 4.78 is 5.96. The van der Waals surface area contributed by atoms with Crippen molar-refractivity contribution in [1.82, 2.24) is 0 Å². The van der Waals surface area contributed by atoms with E-state index in [-0.39, 0.29) is 11.5 Å². The molecule has 0 spiro atoms. The molecule has 0 unspecified atom stereocenters. The molecular weight excluding hydrogens is 304 g/mol. The first kappa shape index (κ1) is 18.3. The zero-order chi connectivity index (χ0) is 17.2. The second-order valence-corrected chi connectivity index (χ2v) is 6.25. The van der Waals surface area contributed by atoms with Crippen LogP contribution in [0.3, 0.4) is 0 Å². The number of nitro groups is 1. The third kappa shape index (κ3) is 5.55. The first-order valence-corrected chi connectivity index (χ1v) is 9.03. The number of benzene rings is 1. The highest BCUT2D eigenvalue weighted by Gasteiger charge is 2.20. The molecule has 1 aliphatic heterocycles. The van der Waals surface area contributed by atoms with Crippen LogP contribution in [0.2, 0.25) is 0 Å². The summed E-state index contributed by atoms with van der Waals surface area (Å²) >= 11 is 0. The van der Waals surface area contributed by atoms with Crippen molar-refractivity contribution in [3.05, 3.63) is 40.0 Å². The Bertz CT molecular complexity index is 570. The van der Waals surface area contributed by atoms with Crippen LogP contribution in [-0.4, -0.2) is 24.6 Å². The molecule has 0 fully saturated rings. The van der Waals surface area contributed by atoms with E-state index in [4.69, 9.17) is 4.74 Å². The Morgan fingerprint density at radius 3 is 2.71 bits per heavy atom. The predicted molar refractivity (Wildman–Crippen MR) is 98.3 cm³/mol. The molecule has 0 aromatic heterocycles. The molecule has 24 heavy (non-hydrogen) atoms. The Kier molecular flexibility index (Phi) is 7.59. The van der Waals surface area contributed by atoms with Gasteiger partial charge in [0.05, 0.1) is 6.61 Å². The average molecular weight is 332 g/mol. The molecule has 0 saturated heterocycles. The topological polar surface area (TPSA) is 64.4 Å². The lowest BCUT2D eigenvalue weighted by Crippen LogP contribution is -2.01. The predicted octanol–water partition coefficient (Wildman–Crippen LogP) is 4.90. The Morgan fingerprint density at radius 1 is 1.21 bits per heavy atom. The molecule has 0 radical (unpaired) electrons. The number of fused-ring (bicyclic) bond motifs is 1. The van der Waals surface area contributed by atoms with Gasteiger partial charge in [0.2, 0.25) is 6.54 Å². The Balaban J connectivity index is 1.83. The van der Waals surface area contributed by atoms with Crippen LogP contribution in [-0.2, 0) is 0 Å². The molecule has 1 N–H and O–H groups in total. The van der Waals surface area contributed by atoms with Crippen molar-refractivity contribution in [1.29, 1.82) is 0 Å². The van der Waals surface area contributed by atoms with Crippen LogP contribution >= 0.6 is 0 Å². The van der Waals surface area contributed by atoms with E-state index in [1.54, 1.807) is 6.08 Å². The fourth-order valence-corrected chi connectivity index (χ4v) is 3.01. The molecule has 0 bridgehead atoms. The molecule has 0 saturated carbocycles. The molecular formula is C19H28N2O3. The lowest BCUT2D eigenvalue weighted by molar-refractivity contribution is -0.468. The number of hydrogen-bond donors (Lipinski definition) is 1. The standard InChI is InChI=1S/C19H28N2O3/c1-2-3-4-5-6-7-8-14-24-18-11-9-10-17-19(18)16(15-20-17)12-13-21(22)23/h9-12,20H,2-8,13-15H2,1H3. The smallest absolute Gasteiger partial charge is 0.222 e. The summed E-state index contributed by atoms with van der Waals surface area (Å²) in [4.78, 5) is 10.3. The lowest BCUT2D eigenvalue weighted by Gasteiger charge is -2.11. The van der Waals surface area contributed by atoms with Crippen LogP contribution in [0.5, 0.6) is 5.75 Å². The molecule has 132 valence electrons. The van der Waals surface area contributed by atoms with Gasteiger partial charge in [0.1, 0.15) is 5.75 Å². The summed E-state index contributed by atoms with van der Waals surface area (Å²) in [5, 5.41) is 13.9. The van der Waals surface area contributed by atoms with Crippen LogP contribution < -0.4 is 10.1 Å². The number of nitrogens with zero attached hydrogens (tertiary/aromatic N) is 1. The number of ether oxygens (including phenoxy) is 1. The van der Waals surface area contributed by atoms with Crippen LogP contribution in [0.4, 0.5) is 5.69 Å². The van der Waals surface area contributed by atoms with E-state index < -0.39 is 0 Å². The van der Waals surface area contributed by atoms with E-state index >= 15 is 0 Å². The zero-order valence-electron chi connectivity index (χ0n) is 14.6. The largest absolute Gasteiger partial charge is 0.493 e. The molecule has 5 heteroatoms. The average Bonchev–Trinajstić information content (AvgIpc) is 2.99. The summed E-state index contributed by atoms with van der Waals surface area (Å²) in [5.74, 6) is 0.832. The monoisotopic (exact) mass is 332 g/mol. The SMILES string of the molecule is CCCCCCCCCOc1cccc2c1C(=CC[N+](=O)[O-])CN2. The van der Waals surface area contributed by atoms with E-state index in [2.05, 4.69) is 12.2 Å². The third-order valence-electron chi connectivity index (χ3n) is 4.31. The molecule has 0 aliphatic carbocycles. The lowest BCUT2D eigenvalue weighted by atomic mass is 10.1. The van der Waals surface area contributed by atoms with Crippen LogP contribution in [0.1, 0.15) is 57.4 Å². The van der Waals surface area contributed by atoms with E-state index in [1.807, 2.05) is 18.2 Å². The minimum atomic E-state index is -0.312. The van der Waals surface area contributed by atoms with E-state index in [1.165, 1.54) is 38.5 Å². The van der Waals surface area contributed by atoms with Crippen molar-refractivity contribution in [2.45, 2.75) is 51.9 Å². The minimum absolute atomic E-state index is 0.150. The number of rotatable bonds is 11. The van der Waals surface area contributed by atoms with Gasteiger partial charge in [0.25, 0.3) is 0 Å². The molecule has 2 rings (SSSR count). The number of anilines is 1. The molecule has 1 heterocycles. The van der Waals surface area contributed by atoms with Crippen molar-refractivity contribution >= 4 is 11.3 Å². The molecule has 0 amide bonds. The van der Waals surface area contributed by atoms with Gasteiger partial charge in [-0.1, -0.05) is 51.5 Å². The Labute approximate surface area is 144 Å². The molecule has 1 aromatic carbocycles. The summed E-state index contributed by atoms with van der Waals surface area (Å²) in [6, 6.07) is 5.90. The first-order valence-electron chi connectivity index (χ1n) is 9.03. The van der Waals surface area contributed by atoms with Crippen molar-refractivity contribution in [3.8, 4) is 5.75 Å². The van der Waals surface area contributed by atoms with Gasteiger partial charge in [0, 0.05) is 22.7 Å². The van der Waals surface area contributed by atoms with E-state index in [0.717, 1.165) is 29.0 Å². The van der Waals surface area contributed by atoms with Crippen LogP contribution in [0, 0.1) is 10.1 Å². The summed E-state index contributed by atoms with van der Waals surface area (Å²) in [6.07, 6.45) is 10.5. The van der Waals surface area contributed by atoms with Gasteiger partial charge >= 0.3 is 0 Å². The molecule has 1 aromatic rings. The van der Waals surface area contributed by atoms with Crippen molar-refractivity contribution < 1.29 is 9.66 Å². The molecule has 5 nitrogen and oxygen atoms in total. The number of nitrogens with one attached hydrogen (secondary N) is 1. The first-order chi connectivity index (χ1) is 11.7. The van der Waals surface area contributed by atoms with E-state index in [9.17, 15) is 10.1 Å². The summed E-state index contributed by atoms with van der Waals surface area (Å²) in [5.41, 5.74) is 2.95. The summed E-state index contributed by atoms with van der Waals surface area (Å²) in [7, 11) is 0. The van der Waals surface area contributed by atoms with Gasteiger partial charge in [-0.05, 0) is 30.2 Å². The molecule has 1 aliphatic rings. The molecule has 0 atom stereocenters. The maximum Gasteiger partial charge on any atom is 0.222 e. The second-order valence-electron chi connectivity index (χ2n) is 6.25. The van der Waals surface area contributed by atoms with Gasteiger partial charge < -0.3 is 10.1 Å². The fraction of sp³-hybridized carbons (Fsp3) is 0.579. The van der Waals surface area contributed by atoms with Crippen LogP contribution in [0.15, 0.2) is 24.3 Å². The van der Waals surface area contributed by atoms with Gasteiger partial charge in [-0.2, -0.15) is 0 Å². The maximum atomic E-state index is 10.6. The Hall–Kier alpha value is -2.04. The van der Waals surface area contributed by atoms with Gasteiger partial charge in [-0.25, -0.2) is 0 Å². The minimum Gasteiger partial charge on any atom is -0.493 e. The maximum absolute atomic E-state index is 10.6. The van der Waals surface area contributed by atoms with E-state index in [0.29, 0.717) is 13.2 Å². The highest BCUT2D eigenvalue weighted by Crippen LogP contribution is 2.38. The van der Waals surface area contributed by atoms with Gasteiger partial charge in [0.15, 0.2) is 0 Å².